The molecule has 5 nitrogen and oxygen atoms in total. The van der Waals surface area contributed by atoms with Crippen LogP contribution in [0.15, 0.2) is 64.2 Å². The van der Waals surface area contributed by atoms with E-state index < -0.39 is 5.97 Å². The van der Waals surface area contributed by atoms with Gasteiger partial charge in [-0.2, -0.15) is 5.26 Å². The van der Waals surface area contributed by atoms with E-state index in [0.29, 0.717) is 11.1 Å². The van der Waals surface area contributed by atoms with E-state index in [9.17, 15) is 10.1 Å². The molecule has 0 saturated heterocycles. The van der Waals surface area contributed by atoms with E-state index in [2.05, 4.69) is 26.1 Å². The van der Waals surface area contributed by atoms with Crippen LogP contribution in [0.4, 0.5) is 0 Å². The lowest BCUT2D eigenvalue weighted by atomic mass is 10.1. The number of carbonyl (C=O) groups excluding carboxylic acids is 1. The normalized spacial score (nSPS) is 11.2. The van der Waals surface area contributed by atoms with Crippen LogP contribution in [0.2, 0.25) is 5.15 Å². The first-order valence-corrected chi connectivity index (χ1v) is 8.26. The molecule has 0 fully saturated rings. The summed E-state index contributed by atoms with van der Waals surface area (Å²) < 4.78 is 0.845. The van der Waals surface area contributed by atoms with Gasteiger partial charge in [0.05, 0.1) is 5.52 Å². The maximum Gasteiger partial charge on any atom is 0.368 e. The third-order valence-electron chi connectivity index (χ3n) is 3.32. The number of nitriles is 1. The quantitative estimate of drug-likeness (QED) is 0.269. The Bertz CT molecular complexity index is 1030. The standard InChI is InChI=1S/C18H9BrClN3O2/c19-13-6-7-15-12(8-13)9-14(17(20)22-15)18(24)25-23-16(10-21)11-4-2-1-3-5-11/h1-9H/b23-16-. The zero-order valence-electron chi connectivity index (χ0n) is 12.6. The van der Waals surface area contributed by atoms with E-state index >= 15 is 0 Å². The molecule has 0 spiro atoms. The summed E-state index contributed by atoms with van der Waals surface area (Å²) in [5.41, 5.74) is 1.25. The minimum Gasteiger partial charge on any atom is -0.311 e. The van der Waals surface area contributed by atoms with E-state index in [-0.39, 0.29) is 16.4 Å². The van der Waals surface area contributed by atoms with Crippen molar-refractivity contribution in [3.63, 3.8) is 0 Å². The smallest absolute Gasteiger partial charge is 0.311 e. The third kappa shape index (κ3) is 3.85. The van der Waals surface area contributed by atoms with Crippen LogP contribution < -0.4 is 0 Å². The van der Waals surface area contributed by atoms with E-state index in [1.807, 2.05) is 24.3 Å². The molecule has 3 aromatic rings. The fourth-order valence-corrected chi connectivity index (χ4v) is 2.74. The molecule has 2 aromatic carbocycles. The summed E-state index contributed by atoms with van der Waals surface area (Å²) in [7, 11) is 0. The lowest BCUT2D eigenvalue weighted by Crippen LogP contribution is -2.06. The molecular weight excluding hydrogens is 406 g/mol. The van der Waals surface area contributed by atoms with Crippen molar-refractivity contribution in [2.24, 2.45) is 5.16 Å². The van der Waals surface area contributed by atoms with Crippen LogP contribution in [-0.4, -0.2) is 16.7 Å². The summed E-state index contributed by atoms with van der Waals surface area (Å²) >= 11 is 9.43. The van der Waals surface area contributed by atoms with Crippen LogP contribution in [-0.2, 0) is 4.84 Å². The number of nitrogens with zero attached hydrogens (tertiary/aromatic N) is 3. The fourth-order valence-electron chi connectivity index (χ4n) is 2.14. The van der Waals surface area contributed by atoms with Crippen LogP contribution in [0.3, 0.4) is 0 Å². The molecule has 1 aromatic heterocycles. The van der Waals surface area contributed by atoms with Gasteiger partial charge >= 0.3 is 5.97 Å². The second-order valence-corrected chi connectivity index (χ2v) is 6.23. The van der Waals surface area contributed by atoms with Crippen LogP contribution in [0.1, 0.15) is 15.9 Å². The van der Waals surface area contributed by atoms with Crippen molar-refractivity contribution in [3.05, 3.63) is 75.4 Å². The van der Waals surface area contributed by atoms with Gasteiger partial charge in [0.2, 0.25) is 0 Å². The van der Waals surface area contributed by atoms with Gasteiger partial charge in [-0.15, -0.1) is 0 Å². The van der Waals surface area contributed by atoms with Crippen molar-refractivity contribution in [2.45, 2.75) is 0 Å². The lowest BCUT2D eigenvalue weighted by Gasteiger charge is -2.04. The van der Waals surface area contributed by atoms with Crippen molar-refractivity contribution in [1.29, 1.82) is 5.26 Å². The van der Waals surface area contributed by atoms with Crippen LogP contribution in [0.25, 0.3) is 10.9 Å². The van der Waals surface area contributed by atoms with Gasteiger partial charge in [-0.05, 0) is 24.3 Å². The first kappa shape index (κ1) is 17.1. The number of fused-ring (bicyclic) bond motifs is 1. The van der Waals surface area contributed by atoms with E-state index in [0.717, 1.165) is 9.86 Å². The number of rotatable bonds is 3. The number of hydrogen-bond acceptors (Lipinski definition) is 5. The number of carbonyl (C=O) groups is 1. The molecule has 7 heteroatoms. The molecule has 0 N–H and O–H groups in total. The van der Waals surface area contributed by atoms with Gasteiger partial charge in [0.1, 0.15) is 16.8 Å². The molecule has 0 bridgehead atoms. The second-order valence-electron chi connectivity index (χ2n) is 4.96. The van der Waals surface area contributed by atoms with Crippen LogP contribution in [0, 0.1) is 11.3 Å². The summed E-state index contributed by atoms with van der Waals surface area (Å²) in [6.07, 6.45) is 0. The first-order valence-electron chi connectivity index (χ1n) is 7.09. The molecule has 0 saturated carbocycles. The molecule has 0 aliphatic heterocycles. The van der Waals surface area contributed by atoms with Gasteiger partial charge in [0, 0.05) is 15.4 Å². The minimum absolute atomic E-state index is 0.00763. The van der Waals surface area contributed by atoms with Crippen molar-refractivity contribution in [1.82, 2.24) is 4.98 Å². The molecule has 122 valence electrons. The summed E-state index contributed by atoms with van der Waals surface area (Å²) in [6.45, 7) is 0. The fraction of sp³-hybridized carbons (Fsp3) is 0. The minimum atomic E-state index is -0.789. The van der Waals surface area contributed by atoms with Crippen LogP contribution in [0.5, 0.6) is 0 Å². The summed E-state index contributed by atoms with van der Waals surface area (Å²) in [4.78, 5) is 21.3. The van der Waals surface area contributed by atoms with Gasteiger partial charge in [-0.3, -0.25) is 0 Å². The largest absolute Gasteiger partial charge is 0.368 e. The molecule has 25 heavy (non-hydrogen) atoms. The van der Waals surface area contributed by atoms with Gasteiger partial charge in [-0.25, -0.2) is 9.78 Å². The van der Waals surface area contributed by atoms with Gasteiger partial charge in [0.15, 0.2) is 5.71 Å². The van der Waals surface area contributed by atoms with Gasteiger partial charge in [-0.1, -0.05) is 63.0 Å². The number of halogens is 2. The Labute approximate surface area is 156 Å². The average molecular weight is 415 g/mol. The Kier molecular flexibility index (Phi) is 5.08. The van der Waals surface area contributed by atoms with E-state index in [1.165, 1.54) is 0 Å². The van der Waals surface area contributed by atoms with E-state index in [4.69, 9.17) is 16.4 Å². The highest BCUT2D eigenvalue weighted by Gasteiger charge is 2.16. The lowest BCUT2D eigenvalue weighted by molar-refractivity contribution is 0.0517. The molecule has 0 atom stereocenters. The molecule has 3 rings (SSSR count). The summed E-state index contributed by atoms with van der Waals surface area (Å²) in [6, 6.07) is 17.6. The number of pyridine rings is 1. The summed E-state index contributed by atoms with van der Waals surface area (Å²) in [5, 5.41) is 13.5. The Morgan fingerprint density at radius 1 is 1.20 bits per heavy atom. The topological polar surface area (TPSA) is 75.3 Å². The Hall–Kier alpha value is -2.75. The Morgan fingerprint density at radius 3 is 2.68 bits per heavy atom. The van der Waals surface area contributed by atoms with Crippen molar-refractivity contribution in [3.8, 4) is 6.07 Å². The van der Waals surface area contributed by atoms with Crippen molar-refractivity contribution >= 4 is 50.1 Å². The Morgan fingerprint density at radius 2 is 1.96 bits per heavy atom. The van der Waals surface area contributed by atoms with Gasteiger partial charge < -0.3 is 4.84 Å². The molecule has 0 aliphatic rings. The highest BCUT2D eigenvalue weighted by Crippen LogP contribution is 2.24. The van der Waals surface area contributed by atoms with Gasteiger partial charge in [0.25, 0.3) is 0 Å². The number of aromatic nitrogens is 1. The van der Waals surface area contributed by atoms with Crippen LogP contribution >= 0.6 is 27.5 Å². The Balaban J connectivity index is 1.91. The highest BCUT2D eigenvalue weighted by atomic mass is 79.9. The zero-order chi connectivity index (χ0) is 17.8. The van der Waals surface area contributed by atoms with Crippen molar-refractivity contribution in [2.75, 3.05) is 0 Å². The number of benzene rings is 2. The predicted octanol–water partition coefficient (Wildman–Crippen LogP) is 4.74. The monoisotopic (exact) mass is 413 g/mol. The molecule has 0 amide bonds. The SMILES string of the molecule is N#C/C(=N/OC(=O)c1cc2cc(Br)ccc2nc1Cl)c1ccccc1. The average Bonchev–Trinajstić information content (AvgIpc) is 2.62. The predicted molar refractivity (Wildman–Crippen MR) is 98.5 cm³/mol. The number of hydrogen-bond donors (Lipinski definition) is 0. The van der Waals surface area contributed by atoms with E-state index in [1.54, 1.807) is 36.4 Å². The first-order chi connectivity index (χ1) is 12.1. The third-order valence-corrected chi connectivity index (χ3v) is 4.10. The molecule has 0 radical (unpaired) electrons. The summed E-state index contributed by atoms with van der Waals surface area (Å²) in [5.74, 6) is -0.789. The second kappa shape index (κ2) is 7.43. The highest BCUT2D eigenvalue weighted by molar-refractivity contribution is 9.10. The molecular formula is C18H9BrClN3O2. The zero-order valence-corrected chi connectivity index (χ0v) is 15.0. The maximum atomic E-state index is 12.3. The number of oxime groups is 1. The maximum absolute atomic E-state index is 12.3. The molecule has 0 aliphatic carbocycles. The van der Waals surface area contributed by atoms with Crippen molar-refractivity contribution < 1.29 is 9.63 Å². The molecule has 1 heterocycles. The molecule has 0 unspecified atom stereocenters.